The Morgan fingerprint density at radius 1 is 1.44 bits per heavy atom. The van der Waals surface area contributed by atoms with Crippen molar-refractivity contribution in [2.45, 2.75) is 31.8 Å². The number of hydrogen-bond acceptors (Lipinski definition) is 2. The van der Waals surface area contributed by atoms with Gasteiger partial charge in [0.15, 0.2) is 0 Å². The molecule has 1 saturated heterocycles. The van der Waals surface area contributed by atoms with E-state index in [4.69, 9.17) is 11.6 Å². The maximum absolute atomic E-state index is 12.1. The van der Waals surface area contributed by atoms with Gasteiger partial charge in [0.1, 0.15) is 0 Å². The first-order chi connectivity index (χ1) is 8.18. The molecule has 2 unspecified atom stereocenters. The van der Waals surface area contributed by atoms with Gasteiger partial charge in [0.2, 0.25) is 0 Å². The van der Waals surface area contributed by atoms with Gasteiger partial charge in [0.05, 0.1) is 10.6 Å². The summed E-state index contributed by atoms with van der Waals surface area (Å²) >= 11 is 6.00. The number of halogens is 2. The molecule has 0 aromatic heterocycles. The van der Waals surface area contributed by atoms with Crippen molar-refractivity contribution >= 4 is 29.9 Å². The summed E-state index contributed by atoms with van der Waals surface area (Å²) in [6.45, 7) is 3.12. The van der Waals surface area contributed by atoms with Crippen LogP contribution in [0.3, 0.4) is 0 Å². The summed E-state index contributed by atoms with van der Waals surface area (Å²) in [5.74, 6) is -0.0869. The van der Waals surface area contributed by atoms with E-state index in [-0.39, 0.29) is 24.4 Å². The molecule has 1 aromatic rings. The highest BCUT2D eigenvalue weighted by Gasteiger charge is 2.23. The summed E-state index contributed by atoms with van der Waals surface area (Å²) in [4.78, 5) is 12.1. The van der Waals surface area contributed by atoms with Crippen LogP contribution >= 0.6 is 24.0 Å². The third-order valence-electron chi connectivity index (χ3n) is 3.20. The van der Waals surface area contributed by atoms with Crippen LogP contribution in [0.1, 0.15) is 30.1 Å². The second kappa shape index (κ2) is 6.98. The number of carbonyl (C=O) groups excluding carboxylic acids is 1. The summed E-state index contributed by atoms with van der Waals surface area (Å²) in [5.41, 5.74) is 0.548. The van der Waals surface area contributed by atoms with E-state index in [9.17, 15) is 4.79 Å². The van der Waals surface area contributed by atoms with Crippen molar-refractivity contribution in [2.75, 3.05) is 6.54 Å². The molecule has 1 aliphatic rings. The summed E-state index contributed by atoms with van der Waals surface area (Å²) in [6.07, 6.45) is 2.11. The summed E-state index contributed by atoms with van der Waals surface area (Å²) in [7, 11) is 0. The maximum Gasteiger partial charge on any atom is 0.253 e. The SMILES string of the molecule is CC1NCCCC1NC(=O)c1ccccc1Cl.Cl. The lowest BCUT2D eigenvalue weighted by atomic mass is 9.99. The van der Waals surface area contributed by atoms with Crippen molar-refractivity contribution in [2.24, 2.45) is 0 Å². The van der Waals surface area contributed by atoms with Crippen molar-refractivity contribution in [3.63, 3.8) is 0 Å². The summed E-state index contributed by atoms with van der Waals surface area (Å²) in [6, 6.07) is 7.63. The first kappa shape index (κ1) is 15.3. The lowest BCUT2D eigenvalue weighted by molar-refractivity contribution is 0.0920. The van der Waals surface area contributed by atoms with E-state index in [0.29, 0.717) is 16.6 Å². The molecular weight excluding hydrogens is 271 g/mol. The van der Waals surface area contributed by atoms with Gasteiger partial charge in [-0.05, 0) is 38.4 Å². The van der Waals surface area contributed by atoms with E-state index in [1.54, 1.807) is 12.1 Å². The average Bonchev–Trinajstić information content (AvgIpc) is 2.32. The van der Waals surface area contributed by atoms with Gasteiger partial charge in [-0.3, -0.25) is 4.79 Å². The second-order valence-corrected chi connectivity index (χ2v) is 4.85. The lowest BCUT2D eigenvalue weighted by Gasteiger charge is -2.30. The van der Waals surface area contributed by atoms with Crippen LogP contribution in [0.5, 0.6) is 0 Å². The largest absolute Gasteiger partial charge is 0.348 e. The molecular formula is C13H18Cl2N2O. The number of benzene rings is 1. The molecule has 0 spiro atoms. The minimum atomic E-state index is -0.0869. The van der Waals surface area contributed by atoms with Gasteiger partial charge in [-0.2, -0.15) is 0 Å². The Kier molecular flexibility index (Phi) is 5.93. The van der Waals surface area contributed by atoms with Gasteiger partial charge in [-0.25, -0.2) is 0 Å². The number of rotatable bonds is 2. The highest BCUT2D eigenvalue weighted by atomic mass is 35.5. The van der Waals surface area contributed by atoms with E-state index in [1.807, 2.05) is 12.1 Å². The molecule has 0 saturated carbocycles. The topological polar surface area (TPSA) is 41.1 Å². The molecule has 1 heterocycles. The molecule has 100 valence electrons. The molecule has 2 N–H and O–H groups in total. The fourth-order valence-electron chi connectivity index (χ4n) is 2.13. The minimum Gasteiger partial charge on any atom is -0.348 e. The van der Waals surface area contributed by atoms with Gasteiger partial charge >= 0.3 is 0 Å². The number of carbonyl (C=O) groups is 1. The van der Waals surface area contributed by atoms with E-state index in [0.717, 1.165) is 19.4 Å². The van der Waals surface area contributed by atoms with Crippen LogP contribution in [-0.2, 0) is 0 Å². The number of amides is 1. The van der Waals surface area contributed by atoms with Gasteiger partial charge in [0.25, 0.3) is 5.91 Å². The molecule has 0 radical (unpaired) electrons. The van der Waals surface area contributed by atoms with Crippen LogP contribution in [0.4, 0.5) is 0 Å². The molecule has 0 aliphatic carbocycles. The van der Waals surface area contributed by atoms with Gasteiger partial charge in [-0.15, -0.1) is 12.4 Å². The first-order valence-electron chi connectivity index (χ1n) is 5.97. The summed E-state index contributed by atoms with van der Waals surface area (Å²) < 4.78 is 0. The molecule has 0 bridgehead atoms. The van der Waals surface area contributed by atoms with Crippen LogP contribution in [0.25, 0.3) is 0 Å². The fourth-order valence-corrected chi connectivity index (χ4v) is 2.35. The molecule has 1 aliphatic heterocycles. The van der Waals surface area contributed by atoms with Crippen molar-refractivity contribution in [3.8, 4) is 0 Å². The maximum atomic E-state index is 12.1. The third-order valence-corrected chi connectivity index (χ3v) is 3.53. The van der Waals surface area contributed by atoms with Gasteiger partial charge in [-0.1, -0.05) is 23.7 Å². The minimum absolute atomic E-state index is 0. The van der Waals surface area contributed by atoms with E-state index < -0.39 is 0 Å². The molecule has 18 heavy (non-hydrogen) atoms. The Morgan fingerprint density at radius 2 is 2.17 bits per heavy atom. The van der Waals surface area contributed by atoms with Crippen LogP contribution in [0.15, 0.2) is 24.3 Å². The van der Waals surface area contributed by atoms with Crippen LogP contribution < -0.4 is 10.6 Å². The Bertz CT molecular complexity index is 412. The Balaban J connectivity index is 0.00000162. The fraction of sp³-hybridized carbons (Fsp3) is 0.462. The van der Waals surface area contributed by atoms with E-state index in [1.165, 1.54) is 0 Å². The highest BCUT2D eigenvalue weighted by molar-refractivity contribution is 6.33. The predicted octanol–water partition coefficient (Wildman–Crippen LogP) is 2.63. The van der Waals surface area contributed by atoms with E-state index >= 15 is 0 Å². The smallest absolute Gasteiger partial charge is 0.253 e. The average molecular weight is 289 g/mol. The lowest BCUT2D eigenvalue weighted by Crippen LogP contribution is -2.51. The van der Waals surface area contributed by atoms with Crippen molar-refractivity contribution < 1.29 is 4.79 Å². The monoisotopic (exact) mass is 288 g/mol. The van der Waals surface area contributed by atoms with Gasteiger partial charge in [0, 0.05) is 12.1 Å². The highest BCUT2D eigenvalue weighted by Crippen LogP contribution is 2.16. The Labute approximate surface area is 119 Å². The molecule has 2 atom stereocenters. The van der Waals surface area contributed by atoms with Crippen LogP contribution in [0.2, 0.25) is 5.02 Å². The predicted molar refractivity (Wildman–Crippen MR) is 76.7 cm³/mol. The molecule has 1 fully saturated rings. The quantitative estimate of drug-likeness (QED) is 0.878. The Hall–Kier alpha value is -0.770. The number of hydrogen-bond donors (Lipinski definition) is 2. The molecule has 1 aromatic carbocycles. The van der Waals surface area contributed by atoms with E-state index in [2.05, 4.69) is 17.6 Å². The van der Waals surface area contributed by atoms with Crippen molar-refractivity contribution in [1.29, 1.82) is 0 Å². The zero-order chi connectivity index (χ0) is 12.3. The standard InChI is InChI=1S/C13H17ClN2O.ClH/c1-9-12(7-4-8-15-9)16-13(17)10-5-2-3-6-11(10)14;/h2-3,5-6,9,12,15H,4,7-8H2,1H3,(H,16,17);1H. The first-order valence-corrected chi connectivity index (χ1v) is 6.35. The third kappa shape index (κ3) is 3.61. The van der Waals surface area contributed by atoms with Crippen LogP contribution in [-0.4, -0.2) is 24.5 Å². The molecule has 1 amide bonds. The van der Waals surface area contributed by atoms with Gasteiger partial charge < -0.3 is 10.6 Å². The zero-order valence-electron chi connectivity index (χ0n) is 10.3. The number of piperidine rings is 1. The van der Waals surface area contributed by atoms with Crippen LogP contribution in [0, 0.1) is 0 Å². The molecule has 3 nitrogen and oxygen atoms in total. The normalized spacial score (nSPS) is 23.0. The number of nitrogens with one attached hydrogen (secondary N) is 2. The molecule has 5 heteroatoms. The van der Waals surface area contributed by atoms with Crippen molar-refractivity contribution in [1.82, 2.24) is 10.6 Å². The Morgan fingerprint density at radius 3 is 2.83 bits per heavy atom. The summed E-state index contributed by atoms with van der Waals surface area (Å²) in [5, 5.41) is 6.90. The zero-order valence-corrected chi connectivity index (χ0v) is 11.9. The van der Waals surface area contributed by atoms with Crippen molar-refractivity contribution in [3.05, 3.63) is 34.9 Å². The molecule has 2 rings (SSSR count). The second-order valence-electron chi connectivity index (χ2n) is 4.44.